The van der Waals surface area contributed by atoms with Crippen molar-refractivity contribution in [1.29, 1.82) is 0 Å². The molecule has 0 radical (unpaired) electrons. The molecule has 0 heterocycles. The predicted octanol–water partition coefficient (Wildman–Crippen LogP) is 1.60. The minimum atomic E-state index is -0.619. The molecule has 0 fully saturated rings. The van der Waals surface area contributed by atoms with Gasteiger partial charge in [-0.1, -0.05) is 17.7 Å². The maximum atomic E-state index is 9.22. The molecule has 0 saturated heterocycles. The topological polar surface area (TPSA) is 66.5 Å². The third-order valence-electron chi connectivity index (χ3n) is 2.24. The van der Waals surface area contributed by atoms with Gasteiger partial charge in [0, 0.05) is 12.1 Å². The first-order valence-electron chi connectivity index (χ1n) is 4.36. The zero-order valence-corrected chi connectivity index (χ0v) is 8.75. The van der Waals surface area contributed by atoms with E-state index in [1.54, 1.807) is 12.1 Å². The van der Waals surface area contributed by atoms with Gasteiger partial charge in [-0.25, -0.2) is 0 Å². The summed E-state index contributed by atoms with van der Waals surface area (Å²) in [5, 5.41) is 18.3. The van der Waals surface area contributed by atoms with Gasteiger partial charge in [0.25, 0.3) is 0 Å². The normalized spacial score (nSPS) is 15.1. The molecule has 0 unspecified atom stereocenters. The Balaban J connectivity index is 3.01. The van der Waals surface area contributed by atoms with Crippen LogP contribution in [0.3, 0.4) is 0 Å². The second-order valence-corrected chi connectivity index (χ2v) is 3.96. The number of benzene rings is 1. The largest absolute Gasteiger partial charge is 0.506 e. The van der Waals surface area contributed by atoms with Crippen LogP contribution in [-0.4, -0.2) is 16.8 Å². The quantitative estimate of drug-likeness (QED) is 0.718. The Morgan fingerprint density at radius 2 is 2.14 bits per heavy atom. The van der Waals surface area contributed by atoms with E-state index >= 15 is 0 Å². The number of aliphatic hydroxyl groups excluding tert-OH is 1. The average Bonchev–Trinajstić information content (AvgIpc) is 2.09. The number of rotatable bonds is 3. The summed E-state index contributed by atoms with van der Waals surface area (Å²) in [6, 6.07) is 4.82. The van der Waals surface area contributed by atoms with Crippen LogP contribution in [0.25, 0.3) is 0 Å². The van der Waals surface area contributed by atoms with Crippen LogP contribution in [-0.2, 0) is 5.54 Å². The fourth-order valence-corrected chi connectivity index (χ4v) is 1.42. The minimum Gasteiger partial charge on any atom is -0.506 e. The Hall–Kier alpha value is -0.770. The van der Waals surface area contributed by atoms with E-state index in [1.165, 1.54) is 6.07 Å². The molecule has 0 amide bonds. The number of aromatic hydroxyl groups is 1. The third-order valence-corrected chi connectivity index (χ3v) is 2.54. The second kappa shape index (κ2) is 4.17. The number of hydrogen-bond donors (Lipinski definition) is 3. The molecule has 1 rings (SSSR count). The monoisotopic (exact) mass is 215 g/mol. The van der Waals surface area contributed by atoms with Gasteiger partial charge < -0.3 is 15.9 Å². The molecule has 78 valence electrons. The van der Waals surface area contributed by atoms with Crippen LogP contribution in [0.15, 0.2) is 18.2 Å². The van der Waals surface area contributed by atoms with Gasteiger partial charge in [-0.2, -0.15) is 0 Å². The smallest absolute Gasteiger partial charge is 0.134 e. The number of phenols is 1. The average molecular weight is 216 g/mol. The van der Waals surface area contributed by atoms with E-state index < -0.39 is 5.54 Å². The van der Waals surface area contributed by atoms with Gasteiger partial charge in [-0.15, -0.1) is 0 Å². The summed E-state index contributed by atoms with van der Waals surface area (Å²) in [5.74, 6) is 0.0372. The summed E-state index contributed by atoms with van der Waals surface area (Å²) in [6.07, 6.45) is 0.452. The van der Waals surface area contributed by atoms with Gasteiger partial charge in [0.1, 0.15) is 5.75 Å². The maximum absolute atomic E-state index is 9.22. The molecule has 0 saturated carbocycles. The van der Waals surface area contributed by atoms with Crippen LogP contribution in [0.1, 0.15) is 18.9 Å². The van der Waals surface area contributed by atoms with Crippen molar-refractivity contribution in [2.45, 2.75) is 18.9 Å². The molecule has 0 aliphatic heterocycles. The molecule has 0 aromatic heterocycles. The molecule has 4 N–H and O–H groups in total. The van der Waals surface area contributed by atoms with Crippen LogP contribution in [0.4, 0.5) is 0 Å². The highest BCUT2D eigenvalue weighted by molar-refractivity contribution is 6.32. The summed E-state index contributed by atoms with van der Waals surface area (Å²) in [5.41, 5.74) is 6.15. The second-order valence-electron chi connectivity index (χ2n) is 3.56. The molecule has 0 spiro atoms. The number of halogens is 1. The molecule has 1 aromatic carbocycles. The van der Waals surface area contributed by atoms with E-state index in [1.807, 2.05) is 6.92 Å². The third kappa shape index (κ3) is 2.38. The van der Waals surface area contributed by atoms with Crippen LogP contribution in [0.5, 0.6) is 5.75 Å². The lowest BCUT2D eigenvalue weighted by atomic mass is 9.90. The zero-order valence-electron chi connectivity index (χ0n) is 8.00. The molecule has 0 bridgehead atoms. The van der Waals surface area contributed by atoms with E-state index in [0.29, 0.717) is 6.42 Å². The molecular weight excluding hydrogens is 202 g/mol. The Morgan fingerprint density at radius 3 is 2.64 bits per heavy atom. The van der Waals surface area contributed by atoms with E-state index in [4.69, 9.17) is 22.4 Å². The standard InChI is InChI=1S/C10H14ClNO2/c1-10(12,4-5-13)7-2-3-9(14)8(11)6-7/h2-3,6,13-14H,4-5,12H2,1H3/t10-/m1/s1. The molecular formula is C10H14ClNO2. The van der Waals surface area contributed by atoms with Crippen molar-refractivity contribution < 1.29 is 10.2 Å². The number of nitrogens with two attached hydrogens (primary N) is 1. The maximum Gasteiger partial charge on any atom is 0.134 e. The Bertz CT molecular complexity index is 326. The van der Waals surface area contributed by atoms with Crippen molar-refractivity contribution in [3.05, 3.63) is 28.8 Å². The highest BCUT2D eigenvalue weighted by Crippen LogP contribution is 2.29. The van der Waals surface area contributed by atoms with E-state index in [-0.39, 0.29) is 17.4 Å². The van der Waals surface area contributed by atoms with Gasteiger partial charge in [0.15, 0.2) is 0 Å². The van der Waals surface area contributed by atoms with Crippen molar-refractivity contribution in [3.63, 3.8) is 0 Å². The van der Waals surface area contributed by atoms with Gasteiger partial charge in [-0.3, -0.25) is 0 Å². The fraction of sp³-hybridized carbons (Fsp3) is 0.400. The Morgan fingerprint density at radius 1 is 1.50 bits per heavy atom. The predicted molar refractivity (Wildman–Crippen MR) is 56.4 cm³/mol. The van der Waals surface area contributed by atoms with Crippen molar-refractivity contribution >= 4 is 11.6 Å². The molecule has 14 heavy (non-hydrogen) atoms. The fourth-order valence-electron chi connectivity index (χ4n) is 1.24. The van der Waals surface area contributed by atoms with E-state index in [9.17, 15) is 5.11 Å². The molecule has 4 heteroatoms. The first kappa shape index (κ1) is 11.3. The van der Waals surface area contributed by atoms with Crippen LogP contribution in [0.2, 0.25) is 5.02 Å². The zero-order chi connectivity index (χ0) is 10.8. The molecule has 0 aliphatic rings. The van der Waals surface area contributed by atoms with Gasteiger partial charge in [0.2, 0.25) is 0 Å². The first-order valence-corrected chi connectivity index (χ1v) is 4.74. The Labute approximate surface area is 88.1 Å². The van der Waals surface area contributed by atoms with Gasteiger partial charge >= 0.3 is 0 Å². The summed E-state index contributed by atoms with van der Waals surface area (Å²) >= 11 is 5.75. The highest BCUT2D eigenvalue weighted by atomic mass is 35.5. The lowest BCUT2D eigenvalue weighted by Gasteiger charge is -2.24. The van der Waals surface area contributed by atoms with Crippen molar-refractivity contribution in [3.8, 4) is 5.75 Å². The van der Waals surface area contributed by atoms with Crippen LogP contribution < -0.4 is 5.73 Å². The first-order chi connectivity index (χ1) is 6.47. The number of hydrogen-bond acceptors (Lipinski definition) is 3. The highest BCUT2D eigenvalue weighted by Gasteiger charge is 2.21. The summed E-state index contributed by atoms with van der Waals surface area (Å²) in [4.78, 5) is 0. The molecule has 1 aromatic rings. The van der Waals surface area contributed by atoms with Crippen LogP contribution >= 0.6 is 11.6 Å². The summed E-state index contributed by atoms with van der Waals surface area (Å²) in [6.45, 7) is 1.83. The number of phenolic OH excluding ortho intramolecular Hbond substituents is 1. The lowest BCUT2D eigenvalue weighted by molar-refractivity contribution is 0.247. The van der Waals surface area contributed by atoms with Crippen LogP contribution in [0, 0.1) is 0 Å². The lowest BCUT2D eigenvalue weighted by Crippen LogP contribution is -2.33. The van der Waals surface area contributed by atoms with Crippen molar-refractivity contribution in [1.82, 2.24) is 0 Å². The summed E-state index contributed by atoms with van der Waals surface area (Å²) in [7, 11) is 0. The minimum absolute atomic E-state index is 0.0193. The van der Waals surface area contributed by atoms with Crippen molar-refractivity contribution in [2.75, 3.05) is 6.61 Å². The summed E-state index contributed by atoms with van der Waals surface area (Å²) < 4.78 is 0. The van der Waals surface area contributed by atoms with E-state index in [2.05, 4.69) is 0 Å². The van der Waals surface area contributed by atoms with Gasteiger partial charge in [0.05, 0.1) is 5.02 Å². The van der Waals surface area contributed by atoms with Gasteiger partial charge in [-0.05, 0) is 31.0 Å². The molecule has 1 atom stereocenters. The number of aliphatic hydroxyl groups is 1. The van der Waals surface area contributed by atoms with Crippen molar-refractivity contribution in [2.24, 2.45) is 5.73 Å². The SMILES string of the molecule is C[C@@](N)(CCO)c1ccc(O)c(Cl)c1. The Kier molecular flexibility index (Phi) is 3.37. The molecule has 0 aliphatic carbocycles. The van der Waals surface area contributed by atoms with E-state index in [0.717, 1.165) is 5.56 Å². The molecule has 3 nitrogen and oxygen atoms in total.